The lowest BCUT2D eigenvalue weighted by Gasteiger charge is -2.37. The average molecular weight is 289 g/mol. The number of pyridine rings is 1. The SMILES string of the molecule is CC1(C)C[C@H](NC2CCC(O)(c3ccccn3)CC2)CN1. The van der Waals surface area contributed by atoms with Gasteiger partial charge in [-0.3, -0.25) is 4.98 Å². The largest absolute Gasteiger partial charge is 0.384 e. The summed E-state index contributed by atoms with van der Waals surface area (Å²) in [5, 5.41) is 18.1. The number of rotatable bonds is 3. The summed E-state index contributed by atoms with van der Waals surface area (Å²) < 4.78 is 0. The van der Waals surface area contributed by atoms with Crippen molar-refractivity contribution in [2.45, 2.75) is 69.2 Å². The first-order valence-corrected chi connectivity index (χ1v) is 8.12. The molecular formula is C17H27N3O. The van der Waals surface area contributed by atoms with Gasteiger partial charge in [0.15, 0.2) is 0 Å². The summed E-state index contributed by atoms with van der Waals surface area (Å²) in [7, 11) is 0. The summed E-state index contributed by atoms with van der Waals surface area (Å²) in [6.45, 7) is 5.57. The minimum Gasteiger partial charge on any atom is -0.384 e. The van der Waals surface area contributed by atoms with Crippen LogP contribution in [0.15, 0.2) is 24.4 Å². The Labute approximate surface area is 127 Å². The summed E-state index contributed by atoms with van der Waals surface area (Å²) in [5.74, 6) is 0. The first-order chi connectivity index (χ1) is 9.97. The molecule has 3 N–H and O–H groups in total. The second kappa shape index (κ2) is 5.67. The Bertz CT molecular complexity index is 466. The van der Waals surface area contributed by atoms with E-state index >= 15 is 0 Å². The van der Waals surface area contributed by atoms with Crippen LogP contribution in [0.3, 0.4) is 0 Å². The molecule has 1 aliphatic heterocycles. The Hall–Kier alpha value is -0.970. The van der Waals surface area contributed by atoms with Crippen LogP contribution in [0.4, 0.5) is 0 Å². The lowest BCUT2D eigenvalue weighted by atomic mass is 9.79. The molecule has 1 aliphatic carbocycles. The summed E-state index contributed by atoms with van der Waals surface area (Å²) in [6.07, 6.45) is 6.57. The van der Waals surface area contributed by atoms with E-state index in [-0.39, 0.29) is 5.54 Å². The van der Waals surface area contributed by atoms with Crippen molar-refractivity contribution in [1.29, 1.82) is 0 Å². The monoisotopic (exact) mass is 289 g/mol. The molecule has 2 fully saturated rings. The van der Waals surface area contributed by atoms with Gasteiger partial charge in [0.25, 0.3) is 0 Å². The van der Waals surface area contributed by atoms with Crippen molar-refractivity contribution in [2.75, 3.05) is 6.54 Å². The van der Waals surface area contributed by atoms with Crippen molar-refractivity contribution in [3.63, 3.8) is 0 Å². The van der Waals surface area contributed by atoms with Gasteiger partial charge in [0.2, 0.25) is 0 Å². The van der Waals surface area contributed by atoms with E-state index in [1.165, 1.54) is 6.42 Å². The molecule has 4 nitrogen and oxygen atoms in total. The van der Waals surface area contributed by atoms with E-state index in [0.29, 0.717) is 12.1 Å². The molecular weight excluding hydrogens is 262 g/mol. The third-order valence-corrected chi connectivity index (χ3v) is 5.01. The van der Waals surface area contributed by atoms with Crippen LogP contribution in [-0.4, -0.2) is 34.3 Å². The fourth-order valence-corrected chi connectivity index (χ4v) is 3.77. The zero-order valence-corrected chi connectivity index (χ0v) is 13.1. The van der Waals surface area contributed by atoms with E-state index in [2.05, 4.69) is 29.5 Å². The van der Waals surface area contributed by atoms with Gasteiger partial charge in [-0.2, -0.15) is 0 Å². The molecule has 0 aromatic carbocycles. The van der Waals surface area contributed by atoms with Gasteiger partial charge in [-0.15, -0.1) is 0 Å². The zero-order chi connectivity index (χ0) is 14.9. The number of aliphatic hydroxyl groups is 1. The van der Waals surface area contributed by atoms with Crippen LogP contribution in [0.2, 0.25) is 0 Å². The highest BCUT2D eigenvalue weighted by Crippen LogP contribution is 2.36. The van der Waals surface area contributed by atoms with E-state index in [1.807, 2.05) is 18.2 Å². The van der Waals surface area contributed by atoms with Gasteiger partial charge in [0.05, 0.1) is 5.69 Å². The van der Waals surface area contributed by atoms with Gasteiger partial charge in [-0.05, 0) is 58.1 Å². The number of nitrogens with one attached hydrogen (secondary N) is 2. The first kappa shape index (κ1) is 14.9. The molecule has 0 radical (unpaired) electrons. The maximum Gasteiger partial charge on any atom is 0.107 e. The molecule has 4 heteroatoms. The van der Waals surface area contributed by atoms with Gasteiger partial charge in [0, 0.05) is 30.4 Å². The van der Waals surface area contributed by atoms with Crippen LogP contribution in [-0.2, 0) is 5.60 Å². The molecule has 2 heterocycles. The molecule has 1 atom stereocenters. The third-order valence-electron chi connectivity index (χ3n) is 5.01. The van der Waals surface area contributed by atoms with E-state index in [9.17, 15) is 5.11 Å². The van der Waals surface area contributed by atoms with Crippen molar-refractivity contribution in [1.82, 2.24) is 15.6 Å². The predicted octanol–water partition coefficient (Wildman–Crippen LogP) is 1.94. The Kier molecular flexibility index (Phi) is 4.04. The zero-order valence-electron chi connectivity index (χ0n) is 13.1. The fraction of sp³-hybridized carbons (Fsp3) is 0.706. The van der Waals surface area contributed by atoms with Gasteiger partial charge in [-0.25, -0.2) is 0 Å². The molecule has 0 amide bonds. The standard InChI is InChI=1S/C17H27N3O/c1-16(2)11-14(12-19-16)20-13-6-8-17(21,9-7-13)15-5-3-4-10-18-15/h3-5,10,13-14,19-21H,6-9,11-12H2,1-2H3/t13?,14-,17?/m0/s1. The molecule has 1 saturated carbocycles. The second-order valence-corrected chi connectivity index (χ2v) is 7.35. The predicted molar refractivity (Wildman–Crippen MR) is 84.0 cm³/mol. The molecule has 21 heavy (non-hydrogen) atoms. The van der Waals surface area contributed by atoms with Crippen LogP contribution >= 0.6 is 0 Å². The molecule has 3 rings (SSSR count). The molecule has 116 valence electrons. The number of hydrogen-bond acceptors (Lipinski definition) is 4. The third kappa shape index (κ3) is 3.44. The molecule has 0 spiro atoms. The van der Waals surface area contributed by atoms with E-state index in [4.69, 9.17) is 0 Å². The van der Waals surface area contributed by atoms with Crippen LogP contribution in [0.1, 0.15) is 51.6 Å². The minimum atomic E-state index is -0.730. The van der Waals surface area contributed by atoms with Crippen molar-refractivity contribution in [3.8, 4) is 0 Å². The normalized spacial score (nSPS) is 35.8. The van der Waals surface area contributed by atoms with Crippen molar-refractivity contribution in [2.24, 2.45) is 0 Å². The maximum absolute atomic E-state index is 10.8. The van der Waals surface area contributed by atoms with E-state index < -0.39 is 5.60 Å². The number of aromatic nitrogens is 1. The van der Waals surface area contributed by atoms with Crippen LogP contribution < -0.4 is 10.6 Å². The van der Waals surface area contributed by atoms with E-state index in [0.717, 1.165) is 37.9 Å². The molecule has 1 aromatic heterocycles. The molecule has 1 aromatic rings. The lowest BCUT2D eigenvalue weighted by molar-refractivity contribution is -0.0130. The Morgan fingerprint density at radius 2 is 2.00 bits per heavy atom. The highest BCUT2D eigenvalue weighted by atomic mass is 16.3. The molecule has 0 bridgehead atoms. The Morgan fingerprint density at radius 3 is 2.57 bits per heavy atom. The Morgan fingerprint density at radius 1 is 1.24 bits per heavy atom. The summed E-state index contributed by atoms with van der Waals surface area (Å²) in [6, 6.07) is 6.88. The molecule has 1 saturated heterocycles. The van der Waals surface area contributed by atoms with Crippen molar-refractivity contribution < 1.29 is 5.11 Å². The quantitative estimate of drug-likeness (QED) is 0.796. The van der Waals surface area contributed by atoms with E-state index in [1.54, 1.807) is 6.20 Å². The minimum absolute atomic E-state index is 0.251. The average Bonchev–Trinajstić information content (AvgIpc) is 2.82. The summed E-state index contributed by atoms with van der Waals surface area (Å²) in [5.41, 5.74) is 0.348. The summed E-state index contributed by atoms with van der Waals surface area (Å²) >= 11 is 0. The van der Waals surface area contributed by atoms with Gasteiger partial charge in [0.1, 0.15) is 5.60 Å². The fourth-order valence-electron chi connectivity index (χ4n) is 3.77. The van der Waals surface area contributed by atoms with Gasteiger partial charge < -0.3 is 15.7 Å². The van der Waals surface area contributed by atoms with Gasteiger partial charge >= 0.3 is 0 Å². The topological polar surface area (TPSA) is 57.2 Å². The van der Waals surface area contributed by atoms with Gasteiger partial charge in [-0.1, -0.05) is 6.07 Å². The van der Waals surface area contributed by atoms with Crippen molar-refractivity contribution in [3.05, 3.63) is 30.1 Å². The van der Waals surface area contributed by atoms with Crippen LogP contribution in [0.25, 0.3) is 0 Å². The maximum atomic E-state index is 10.8. The lowest BCUT2D eigenvalue weighted by Crippen LogP contribution is -2.45. The highest BCUT2D eigenvalue weighted by molar-refractivity contribution is 5.14. The second-order valence-electron chi connectivity index (χ2n) is 7.35. The highest BCUT2D eigenvalue weighted by Gasteiger charge is 2.37. The summed E-state index contributed by atoms with van der Waals surface area (Å²) in [4.78, 5) is 4.34. The first-order valence-electron chi connectivity index (χ1n) is 8.12. The van der Waals surface area contributed by atoms with Crippen LogP contribution in [0.5, 0.6) is 0 Å². The molecule has 2 aliphatic rings. The smallest absolute Gasteiger partial charge is 0.107 e. The Balaban J connectivity index is 1.54. The van der Waals surface area contributed by atoms with Crippen LogP contribution in [0, 0.1) is 0 Å². The number of nitrogens with zero attached hydrogens (tertiary/aromatic N) is 1. The van der Waals surface area contributed by atoms with Crippen molar-refractivity contribution >= 4 is 0 Å². The molecule has 0 unspecified atom stereocenters. The number of hydrogen-bond donors (Lipinski definition) is 3.